The number of aliphatic hydroxyl groups is 4. The van der Waals surface area contributed by atoms with Crippen LogP contribution in [-0.2, 0) is 57.4 Å². The van der Waals surface area contributed by atoms with Gasteiger partial charge in [0.25, 0.3) is 0 Å². The summed E-state index contributed by atoms with van der Waals surface area (Å²) in [4.78, 5) is 121. The van der Waals surface area contributed by atoms with Crippen LogP contribution in [0.25, 0.3) is 0 Å². The molecular formula is C61H92ClF3N6O17S. The summed E-state index contributed by atoms with van der Waals surface area (Å²) in [5.41, 5.74) is 17.4. The van der Waals surface area contributed by atoms with Gasteiger partial charge in [0.05, 0.1) is 18.0 Å². The van der Waals surface area contributed by atoms with Gasteiger partial charge in [0.15, 0.2) is 30.7 Å². The monoisotopic (exact) mass is 1300 g/mol. The smallest absolute Gasteiger partial charge is 0.475 e. The van der Waals surface area contributed by atoms with E-state index in [1.807, 2.05) is 13.8 Å². The average molecular weight is 1310 g/mol. The second-order valence-electron chi connectivity index (χ2n) is 26.2. The number of nitrogens with zero attached hydrogens (tertiary/aromatic N) is 1. The van der Waals surface area contributed by atoms with Crippen LogP contribution in [0.15, 0.2) is 28.3 Å². The molecule has 0 aliphatic heterocycles. The van der Waals surface area contributed by atoms with Crippen molar-refractivity contribution in [2.45, 2.75) is 186 Å². The minimum absolute atomic E-state index is 0. The molecule has 8 rings (SSSR count). The summed E-state index contributed by atoms with van der Waals surface area (Å²) in [7, 11) is 0. The van der Waals surface area contributed by atoms with E-state index in [2.05, 4.69) is 29.9 Å². The molecule has 502 valence electrons. The van der Waals surface area contributed by atoms with Crippen molar-refractivity contribution < 1.29 is 97.5 Å². The number of carbonyl (C=O) groups excluding carboxylic acids is 9. The third-order valence-corrected chi connectivity index (χ3v) is 22.5. The lowest BCUT2D eigenvalue weighted by Gasteiger charge is -2.60. The number of ketones is 4. The molecule has 0 radical (unpaired) electrons. The van der Waals surface area contributed by atoms with Crippen LogP contribution in [0, 0.1) is 63.1 Å². The van der Waals surface area contributed by atoms with Gasteiger partial charge in [0, 0.05) is 49.7 Å². The molecule has 3 amide bonds. The summed E-state index contributed by atoms with van der Waals surface area (Å²) in [6.45, 7) is 10.7. The van der Waals surface area contributed by atoms with Crippen LogP contribution in [0.4, 0.5) is 13.2 Å². The molecule has 28 heteroatoms. The van der Waals surface area contributed by atoms with E-state index in [9.17, 15) is 76.7 Å². The first-order valence-electron chi connectivity index (χ1n) is 30.3. The maximum atomic E-state index is 13.5. The van der Waals surface area contributed by atoms with Crippen LogP contribution in [0.3, 0.4) is 0 Å². The number of esters is 2. The van der Waals surface area contributed by atoms with Crippen LogP contribution in [-0.4, -0.2) is 163 Å². The Kier molecular flexibility index (Phi) is 24.9. The molecule has 0 aromatic rings. The van der Waals surface area contributed by atoms with E-state index in [1.54, 1.807) is 26.0 Å². The number of halogens is 4. The molecule has 0 spiro atoms. The number of rotatable bonds is 19. The molecule has 14 N–H and O–H groups in total. The van der Waals surface area contributed by atoms with Gasteiger partial charge >= 0.3 is 24.1 Å². The number of fused-ring (bicyclic) bond motifs is 10. The third kappa shape index (κ3) is 16.2. The molecule has 89 heavy (non-hydrogen) atoms. The summed E-state index contributed by atoms with van der Waals surface area (Å²) in [6, 6.07) is -0.882. The van der Waals surface area contributed by atoms with Gasteiger partial charge in [-0.15, -0.1) is 23.4 Å². The van der Waals surface area contributed by atoms with E-state index in [1.165, 1.54) is 0 Å². The lowest BCUT2D eigenvalue weighted by atomic mass is 9.45. The molecule has 8 aliphatic rings. The first kappa shape index (κ1) is 74.2. The van der Waals surface area contributed by atoms with Crippen LogP contribution in [0.5, 0.6) is 0 Å². The zero-order valence-corrected chi connectivity index (χ0v) is 53.1. The number of nitrogens with one attached hydrogen (secondary N) is 1. The number of carboxylic acids is 1. The van der Waals surface area contributed by atoms with Crippen molar-refractivity contribution in [1.82, 2.24) is 5.32 Å². The molecule has 6 fully saturated rings. The number of ether oxygens (including phenoxy) is 2. The number of aliphatic carboxylic acids is 1. The molecule has 0 heterocycles. The molecule has 0 unspecified atom stereocenters. The van der Waals surface area contributed by atoms with Gasteiger partial charge in [0.2, 0.25) is 29.3 Å². The minimum atomic E-state index is -5.08. The predicted octanol–water partition coefficient (Wildman–Crippen LogP) is 4.06. The quantitative estimate of drug-likeness (QED) is 0.0286. The summed E-state index contributed by atoms with van der Waals surface area (Å²) in [5, 5.41) is 56.0. The highest BCUT2D eigenvalue weighted by Crippen LogP contribution is 2.69. The lowest BCUT2D eigenvalue weighted by Crippen LogP contribution is -2.62. The fraction of sp³-hybridized carbons (Fsp3) is 0.754. The Balaban J connectivity index is 0.000000341. The van der Waals surface area contributed by atoms with Crippen molar-refractivity contribution in [3.63, 3.8) is 0 Å². The van der Waals surface area contributed by atoms with Crippen molar-refractivity contribution >= 4 is 88.1 Å². The highest BCUT2D eigenvalue weighted by atomic mass is 35.5. The van der Waals surface area contributed by atoms with Crippen LogP contribution in [0.2, 0.25) is 0 Å². The fourth-order valence-electron chi connectivity index (χ4n) is 16.4. The molecule has 23 nitrogen and oxygen atoms in total. The number of hydrogen-bond acceptors (Lipinski definition) is 18. The normalized spacial score (nSPS) is 34.5. The zero-order chi connectivity index (χ0) is 67.0. The second kappa shape index (κ2) is 29.9. The number of nitrogens with two attached hydrogens (primary N) is 4. The molecular weight excluding hydrogens is 1210 g/mol. The molecule has 0 aromatic carbocycles. The summed E-state index contributed by atoms with van der Waals surface area (Å²) in [6.07, 6.45) is 6.36. The van der Waals surface area contributed by atoms with E-state index in [4.69, 9.17) is 48.2 Å². The molecule has 0 bridgehead atoms. The Morgan fingerprint density at radius 1 is 0.753 bits per heavy atom. The Bertz CT molecular complexity index is 2810. The van der Waals surface area contributed by atoms with Crippen molar-refractivity contribution in [1.29, 1.82) is 0 Å². The van der Waals surface area contributed by atoms with E-state index in [0.29, 0.717) is 64.3 Å². The van der Waals surface area contributed by atoms with Crippen LogP contribution >= 0.6 is 23.4 Å². The number of carbonyl (C=O) groups is 10. The third-order valence-electron chi connectivity index (χ3n) is 21.1. The first-order valence-corrected chi connectivity index (χ1v) is 32.0. The summed E-state index contributed by atoms with van der Waals surface area (Å²) in [5.74, 6) is -6.60. The Labute approximate surface area is 526 Å². The van der Waals surface area contributed by atoms with E-state index < -0.39 is 107 Å². The highest BCUT2D eigenvalue weighted by molar-refractivity contribution is 7.99. The number of carboxylic acid groups (broad SMARTS) is 1. The van der Waals surface area contributed by atoms with Crippen LogP contribution in [0.1, 0.15) is 152 Å². The maximum Gasteiger partial charge on any atom is 0.490 e. The van der Waals surface area contributed by atoms with E-state index >= 15 is 0 Å². The second-order valence-corrected chi connectivity index (χ2v) is 27.5. The van der Waals surface area contributed by atoms with E-state index in [0.717, 1.165) is 55.0 Å². The van der Waals surface area contributed by atoms with Gasteiger partial charge in [-0.3, -0.25) is 48.1 Å². The van der Waals surface area contributed by atoms with Gasteiger partial charge in [-0.2, -0.15) is 13.2 Å². The van der Waals surface area contributed by atoms with Gasteiger partial charge in [-0.25, -0.2) is 4.79 Å². The minimum Gasteiger partial charge on any atom is -0.475 e. The van der Waals surface area contributed by atoms with Gasteiger partial charge in [-0.05, 0) is 148 Å². The van der Waals surface area contributed by atoms with Crippen molar-refractivity contribution in [3.05, 3.63) is 23.3 Å². The summed E-state index contributed by atoms with van der Waals surface area (Å²) < 4.78 is 41.9. The molecule has 0 aromatic heterocycles. The van der Waals surface area contributed by atoms with Gasteiger partial charge in [0.1, 0.15) is 23.1 Å². The fourth-order valence-corrected chi connectivity index (χ4v) is 17.4. The number of hydrogen-bond donors (Lipinski definition) is 10. The SMILES string of the molecule is CCC(N)=O.C[C@@H](CSCC(=O)OCC(=O)[C@@]1(O)CC[C@H]2[C@@H]3CCC4=CC(=O)CC[C@]4(C)[C@H]3[C@@H](O)C[C@@]21C)C(=O)N[C@H](CCCN=C(N)N)C(N)=O.C[C@]12CCC(=O)C=C1CC[C@@H]1[C@@H]2[C@@H](O)C[C@@]2(C)[C@H]1CC[C@]2(O)C(=O)COC(=O)CCl.O=C(O)C(F)(F)F.[HH]. The number of thioether (sulfide) groups is 1. The number of alkyl halides is 4. The predicted molar refractivity (Wildman–Crippen MR) is 322 cm³/mol. The molecule has 8 aliphatic carbocycles. The Hall–Kier alpha value is -5.48. The van der Waals surface area contributed by atoms with Crippen molar-refractivity contribution in [2.75, 3.05) is 37.1 Å². The van der Waals surface area contributed by atoms with Gasteiger partial charge in [-0.1, -0.05) is 52.7 Å². The number of aliphatic hydroxyl groups excluding tert-OH is 2. The standard InChI is InChI=1S/C33H51N5O8S.C23H31ClO6.C3H7NO.C2HF3O2.H2/c1-18(29(44)38-23(28(34)43)5-4-12-37-30(35)36)16-47-17-26(42)46-15-25(41)33(45)11-9-22-21-7-6-19-13-20(39)8-10-31(19,2)27(21)24(40)14-32(22,33)3;1-21-7-5-14(25)9-13(21)3-4-15-16-6-8-23(29,18(27)12-30-19(28)11-24)22(16,2)10-17(26)20(15)21;1-2-3(4)5;3-2(4,5)1(6)7;/h13,18,21-24,27,40,45H,4-12,14-17H2,1-3H3,(H2,34,43)(H,38,44)(H4,35,36,37);9,15-17,20,26,29H,3-8,10-12H2,1-2H3;2H2,1H3,(H2,4,5);(H,6,7);1H/t18-,21-,22-,23+,24-,27+,31-,32-,33-;15-,16-,17-,20+,21-,22-,23-;;;/m00.../s1. The number of allylic oxidation sites excluding steroid dienone is 2. The van der Waals surface area contributed by atoms with Crippen molar-refractivity contribution in [3.8, 4) is 0 Å². The lowest BCUT2D eigenvalue weighted by molar-refractivity contribution is -0.192. The first-order chi connectivity index (χ1) is 41.3. The topological polar surface area (TPSA) is 419 Å². The maximum absolute atomic E-state index is 13.5. The molecule has 6 saturated carbocycles. The Morgan fingerprint density at radius 3 is 1.56 bits per heavy atom. The summed E-state index contributed by atoms with van der Waals surface area (Å²) >= 11 is 6.58. The molecule has 0 saturated heterocycles. The largest absolute Gasteiger partial charge is 0.490 e. The van der Waals surface area contributed by atoms with Gasteiger partial charge < -0.3 is 63.3 Å². The van der Waals surface area contributed by atoms with E-state index in [-0.39, 0.29) is 108 Å². The zero-order valence-electron chi connectivity index (χ0n) is 51.5. The Morgan fingerprint density at radius 2 is 1.18 bits per heavy atom. The average Bonchev–Trinajstić information content (AvgIpc) is 1.39. The number of guanidine groups is 1. The number of Topliss-reactive ketones (excluding diaryl/α,β-unsaturated/α-hetero) is 2. The highest BCUT2D eigenvalue weighted by Gasteiger charge is 2.70. The number of aliphatic imine (C=N–C) groups is 1. The van der Waals surface area contributed by atoms with Crippen molar-refractivity contribution in [2.24, 2.45) is 91.0 Å². The number of amides is 3. The van der Waals surface area contributed by atoms with Crippen LogP contribution < -0.4 is 28.3 Å². The number of primary amides is 2. The molecule has 16 atom stereocenters.